The zero-order chi connectivity index (χ0) is 16.3. The second-order valence-electron chi connectivity index (χ2n) is 4.29. The standard InChI is InChI=1S/C16H10Br2FNO2/c1-22-13-7-9(14(17)15(18)16(13)21)6-10(8-20)11-4-2-3-5-12(11)19/h2-7,21H,1H3. The Kier molecular flexibility index (Phi) is 5.22. The van der Waals surface area contributed by atoms with Crippen LogP contribution in [0.15, 0.2) is 39.3 Å². The third-order valence-corrected chi connectivity index (χ3v) is 5.14. The third kappa shape index (κ3) is 3.16. The fourth-order valence-electron chi connectivity index (χ4n) is 1.88. The van der Waals surface area contributed by atoms with Crippen LogP contribution in [0.25, 0.3) is 11.6 Å². The summed E-state index contributed by atoms with van der Waals surface area (Å²) in [6, 6.07) is 9.59. The molecule has 1 N–H and O–H groups in total. The van der Waals surface area contributed by atoms with Crippen molar-refractivity contribution in [3.8, 4) is 17.6 Å². The van der Waals surface area contributed by atoms with Crippen molar-refractivity contribution < 1.29 is 14.2 Å². The van der Waals surface area contributed by atoms with E-state index >= 15 is 0 Å². The summed E-state index contributed by atoms with van der Waals surface area (Å²) >= 11 is 6.57. The van der Waals surface area contributed by atoms with Crippen molar-refractivity contribution in [3.63, 3.8) is 0 Å². The van der Waals surface area contributed by atoms with E-state index in [1.807, 2.05) is 6.07 Å². The van der Waals surface area contributed by atoms with Crippen molar-refractivity contribution in [1.82, 2.24) is 0 Å². The highest BCUT2D eigenvalue weighted by Crippen LogP contribution is 2.42. The number of ether oxygens (including phenoxy) is 1. The van der Waals surface area contributed by atoms with Crippen LogP contribution in [0.4, 0.5) is 4.39 Å². The van der Waals surface area contributed by atoms with Crippen LogP contribution in [-0.4, -0.2) is 12.2 Å². The first-order chi connectivity index (χ1) is 10.5. The summed E-state index contributed by atoms with van der Waals surface area (Å²) in [4.78, 5) is 0. The summed E-state index contributed by atoms with van der Waals surface area (Å²) in [5.74, 6) is -0.292. The number of methoxy groups -OCH3 is 1. The molecule has 2 aromatic rings. The zero-order valence-electron chi connectivity index (χ0n) is 11.4. The van der Waals surface area contributed by atoms with Crippen LogP contribution < -0.4 is 4.74 Å². The van der Waals surface area contributed by atoms with Gasteiger partial charge in [0.15, 0.2) is 11.5 Å². The second kappa shape index (κ2) is 6.95. The summed E-state index contributed by atoms with van der Waals surface area (Å²) in [5.41, 5.74) is 0.944. The molecule has 0 aliphatic heterocycles. The molecule has 0 amide bonds. The molecule has 0 fully saturated rings. The van der Waals surface area contributed by atoms with Gasteiger partial charge in [-0.3, -0.25) is 0 Å². The van der Waals surface area contributed by atoms with Crippen LogP contribution in [0.5, 0.6) is 11.5 Å². The number of hydrogen-bond donors (Lipinski definition) is 1. The number of aromatic hydroxyl groups is 1. The minimum Gasteiger partial charge on any atom is -0.503 e. The van der Waals surface area contributed by atoms with Crippen LogP contribution in [0.3, 0.4) is 0 Å². The van der Waals surface area contributed by atoms with E-state index in [1.165, 1.54) is 25.3 Å². The van der Waals surface area contributed by atoms with E-state index in [2.05, 4.69) is 31.9 Å². The number of phenols is 1. The predicted molar refractivity (Wildman–Crippen MR) is 89.9 cm³/mol. The molecule has 2 aromatic carbocycles. The Morgan fingerprint density at radius 1 is 1.32 bits per heavy atom. The zero-order valence-corrected chi connectivity index (χ0v) is 14.6. The van der Waals surface area contributed by atoms with Crippen LogP contribution in [0.1, 0.15) is 11.1 Å². The van der Waals surface area contributed by atoms with E-state index in [4.69, 9.17) is 4.74 Å². The minimum absolute atomic E-state index is 0.0593. The van der Waals surface area contributed by atoms with Crippen LogP contribution in [-0.2, 0) is 0 Å². The highest BCUT2D eigenvalue weighted by molar-refractivity contribution is 9.13. The van der Waals surface area contributed by atoms with Gasteiger partial charge in [-0.2, -0.15) is 5.26 Å². The Morgan fingerprint density at radius 3 is 2.59 bits per heavy atom. The SMILES string of the molecule is COc1cc(C=C(C#N)c2ccccc2F)c(Br)c(Br)c1O. The fourth-order valence-corrected chi connectivity index (χ4v) is 2.72. The smallest absolute Gasteiger partial charge is 0.173 e. The highest BCUT2D eigenvalue weighted by atomic mass is 79.9. The van der Waals surface area contributed by atoms with Gasteiger partial charge in [0.05, 0.1) is 23.2 Å². The molecule has 112 valence electrons. The number of hydrogen-bond acceptors (Lipinski definition) is 3. The molecule has 0 saturated heterocycles. The van der Waals surface area contributed by atoms with E-state index in [1.54, 1.807) is 18.2 Å². The summed E-state index contributed by atoms with van der Waals surface area (Å²) < 4.78 is 19.8. The van der Waals surface area contributed by atoms with Gasteiger partial charge in [0.1, 0.15) is 5.82 Å². The van der Waals surface area contributed by atoms with E-state index in [9.17, 15) is 14.8 Å². The average molecular weight is 427 g/mol. The van der Waals surface area contributed by atoms with Crippen LogP contribution >= 0.6 is 31.9 Å². The molecule has 0 aromatic heterocycles. The molecule has 0 aliphatic carbocycles. The predicted octanol–water partition coefficient (Wildman–Crippen LogP) is 5.13. The number of nitrogens with zero attached hydrogens (tertiary/aromatic N) is 1. The molecule has 0 saturated carbocycles. The highest BCUT2D eigenvalue weighted by Gasteiger charge is 2.15. The summed E-state index contributed by atoms with van der Waals surface area (Å²) in [5, 5.41) is 19.2. The molecule has 22 heavy (non-hydrogen) atoms. The van der Waals surface area contributed by atoms with Gasteiger partial charge in [-0.05, 0) is 55.6 Å². The molecule has 0 bridgehead atoms. The van der Waals surface area contributed by atoms with E-state index in [0.717, 1.165) is 0 Å². The molecule has 0 heterocycles. The number of benzene rings is 2. The second-order valence-corrected chi connectivity index (χ2v) is 5.88. The van der Waals surface area contributed by atoms with Crippen molar-refractivity contribution in [2.45, 2.75) is 0 Å². The third-order valence-electron chi connectivity index (χ3n) is 2.98. The molecule has 0 aliphatic rings. The van der Waals surface area contributed by atoms with Gasteiger partial charge in [0.25, 0.3) is 0 Å². The van der Waals surface area contributed by atoms with Crippen molar-refractivity contribution in [1.29, 1.82) is 5.26 Å². The molecule has 0 unspecified atom stereocenters. The van der Waals surface area contributed by atoms with E-state index < -0.39 is 5.82 Å². The molecular weight excluding hydrogens is 417 g/mol. The van der Waals surface area contributed by atoms with Gasteiger partial charge in [-0.25, -0.2) is 4.39 Å². The fraction of sp³-hybridized carbons (Fsp3) is 0.0625. The molecule has 2 rings (SSSR count). The first kappa shape index (κ1) is 16.5. The van der Waals surface area contributed by atoms with Crippen molar-refractivity contribution in [2.24, 2.45) is 0 Å². The van der Waals surface area contributed by atoms with Crippen molar-refractivity contribution in [2.75, 3.05) is 7.11 Å². The Morgan fingerprint density at radius 2 is 2.00 bits per heavy atom. The first-order valence-corrected chi connectivity index (χ1v) is 7.69. The quantitative estimate of drug-likeness (QED) is 0.546. The molecule has 0 spiro atoms. The van der Waals surface area contributed by atoms with Gasteiger partial charge in [-0.15, -0.1) is 0 Å². The number of rotatable bonds is 3. The van der Waals surface area contributed by atoms with Gasteiger partial charge in [-0.1, -0.05) is 18.2 Å². The van der Waals surface area contributed by atoms with E-state index in [-0.39, 0.29) is 22.6 Å². The molecular formula is C16H10Br2FNO2. The molecule has 6 heteroatoms. The maximum atomic E-state index is 13.8. The molecule has 3 nitrogen and oxygen atoms in total. The number of phenolic OH excluding ortho intramolecular Hbond substituents is 1. The van der Waals surface area contributed by atoms with Gasteiger partial charge >= 0.3 is 0 Å². The van der Waals surface area contributed by atoms with Crippen molar-refractivity contribution >= 4 is 43.5 Å². The topological polar surface area (TPSA) is 53.2 Å². The lowest BCUT2D eigenvalue weighted by Gasteiger charge is -2.10. The monoisotopic (exact) mass is 425 g/mol. The Hall–Kier alpha value is -1.84. The Bertz CT molecular complexity index is 797. The average Bonchev–Trinajstić information content (AvgIpc) is 2.53. The lowest BCUT2D eigenvalue weighted by atomic mass is 10.0. The summed E-state index contributed by atoms with van der Waals surface area (Å²) in [6.45, 7) is 0. The summed E-state index contributed by atoms with van der Waals surface area (Å²) in [7, 11) is 1.42. The van der Waals surface area contributed by atoms with Gasteiger partial charge in [0.2, 0.25) is 0 Å². The minimum atomic E-state index is -0.476. The maximum absolute atomic E-state index is 13.8. The number of nitriles is 1. The number of allylic oxidation sites excluding steroid dienone is 1. The summed E-state index contributed by atoms with van der Waals surface area (Å²) in [6.07, 6.45) is 1.52. The van der Waals surface area contributed by atoms with E-state index in [0.29, 0.717) is 14.5 Å². The lowest BCUT2D eigenvalue weighted by Crippen LogP contribution is -1.91. The lowest BCUT2D eigenvalue weighted by molar-refractivity contribution is 0.371. The molecule has 0 atom stereocenters. The number of halogens is 3. The van der Waals surface area contributed by atoms with Crippen molar-refractivity contribution in [3.05, 3.63) is 56.2 Å². The normalized spacial score (nSPS) is 11.1. The Balaban J connectivity index is 2.64. The van der Waals surface area contributed by atoms with Crippen LogP contribution in [0.2, 0.25) is 0 Å². The largest absolute Gasteiger partial charge is 0.503 e. The van der Waals surface area contributed by atoms with Gasteiger partial charge in [0, 0.05) is 10.0 Å². The first-order valence-electron chi connectivity index (χ1n) is 6.11. The maximum Gasteiger partial charge on any atom is 0.173 e. The van der Waals surface area contributed by atoms with Crippen LogP contribution in [0, 0.1) is 17.1 Å². The molecule has 0 radical (unpaired) electrons. The van der Waals surface area contributed by atoms with Gasteiger partial charge < -0.3 is 9.84 Å². The Labute approximate surface area is 143 Å².